The van der Waals surface area contributed by atoms with Crippen LogP contribution in [0.5, 0.6) is 0 Å². The number of nitrogens with one attached hydrogen (secondary N) is 1. The summed E-state index contributed by atoms with van der Waals surface area (Å²) in [6.07, 6.45) is 4.10. The molecule has 9 heteroatoms. The fourth-order valence-corrected chi connectivity index (χ4v) is 3.07. The van der Waals surface area contributed by atoms with E-state index in [4.69, 9.17) is 5.73 Å². The third-order valence-electron chi connectivity index (χ3n) is 2.99. The summed E-state index contributed by atoms with van der Waals surface area (Å²) < 4.78 is 33.4. The van der Waals surface area contributed by atoms with Gasteiger partial charge >= 0.3 is 0 Å². The van der Waals surface area contributed by atoms with Crippen molar-refractivity contribution >= 4 is 10.0 Å². The van der Waals surface area contributed by atoms with Gasteiger partial charge < -0.3 is 14.8 Å². The Morgan fingerprint density at radius 2 is 2.29 bits per heavy atom. The van der Waals surface area contributed by atoms with Crippen LogP contribution in [0.25, 0.3) is 0 Å². The van der Waals surface area contributed by atoms with E-state index in [1.165, 1.54) is 6.39 Å². The smallest absolute Gasteiger partial charge is 0.242 e. The largest absolute Gasteiger partial charge is 0.349 e. The summed E-state index contributed by atoms with van der Waals surface area (Å²) in [4.78, 5) is 4.06. The van der Waals surface area contributed by atoms with Crippen LogP contribution in [0.4, 0.5) is 0 Å². The third-order valence-corrected chi connectivity index (χ3v) is 4.42. The zero-order chi connectivity index (χ0) is 15.3. The standard InChI is InChI=1S/C12H19N5O3S/c1-2-5-17-8-11(6-10(17)7-13)21(18,19)15-4-3-12-14-9-20-16-12/h6,8-9,15H,2-5,7,13H2,1H3. The number of nitrogens with zero attached hydrogens (tertiary/aromatic N) is 3. The molecule has 0 aromatic carbocycles. The van der Waals surface area contributed by atoms with Crippen molar-refractivity contribution in [3.63, 3.8) is 0 Å². The zero-order valence-electron chi connectivity index (χ0n) is 11.8. The monoisotopic (exact) mass is 313 g/mol. The summed E-state index contributed by atoms with van der Waals surface area (Å²) in [7, 11) is -3.56. The second-order valence-corrected chi connectivity index (χ2v) is 6.33. The van der Waals surface area contributed by atoms with Crippen molar-refractivity contribution in [1.82, 2.24) is 19.4 Å². The topological polar surface area (TPSA) is 116 Å². The first kappa shape index (κ1) is 15.7. The minimum atomic E-state index is -3.56. The molecular weight excluding hydrogens is 294 g/mol. The third kappa shape index (κ3) is 3.90. The number of aromatic nitrogens is 3. The highest BCUT2D eigenvalue weighted by molar-refractivity contribution is 7.89. The molecule has 21 heavy (non-hydrogen) atoms. The minimum absolute atomic E-state index is 0.207. The lowest BCUT2D eigenvalue weighted by atomic mass is 10.4. The van der Waals surface area contributed by atoms with Crippen LogP contribution < -0.4 is 10.5 Å². The minimum Gasteiger partial charge on any atom is -0.349 e. The first-order chi connectivity index (χ1) is 10.1. The van der Waals surface area contributed by atoms with Gasteiger partial charge in [-0.25, -0.2) is 13.1 Å². The predicted octanol–water partition coefficient (Wildman–Crippen LogP) is 0.261. The fraction of sp³-hybridized carbons (Fsp3) is 0.500. The van der Waals surface area contributed by atoms with E-state index in [-0.39, 0.29) is 11.4 Å². The Balaban J connectivity index is 2.04. The fourth-order valence-electron chi connectivity index (χ4n) is 1.98. The van der Waals surface area contributed by atoms with Crippen molar-refractivity contribution in [1.29, 1.82) is 0 Å². The van der Waals surface area contributed by atoms with Crippen LogP contribution in [0.1, 0.15) is 24.9 Å². The van der Waals surface area contributed by atoms with E-state index in [1.54, 1.807) is 12.3 Å². The van der Waals surface area contributed by atoms with E-state index in [9.17, 15) is 8.42 Å². The van der Waals surface area contributed by atoms with Gasteiger partial charge in [0, 0.05) is 37.9 Å². The van der Waals surface area contributed by atoms with E-state index in [0.717, 1.165) is 18.7 Å². The van der Waals surface area contributed by atoms with Crippen molar-refractivity contribution in [3.8, 4) is 0 Å². The van der Waals surface area contributed by atoms with Gasteiger partial charge in [-0.1, -0.05) is 12.1 Å². The maximum Gasteiger partial charge on any atom is 0.242 e. The van der Waals surface area contributed by atoms with Crippen molar-refractivity contribution in [2.45, 2.75) is 37.8 Å². The van der Waals surface area contributed by atoms with E-state index >= 15 is 0 Å². The summed E-state index contributed by atoms with van der Waals surface area (Å²) in [6.45, 7) is 3.28. The SMILES string of the molecule is CCCn1cc(S(=O)(=O)NCCc2ncon2)cc1CN. The van der Waals surface area contributed by atoms with E-state index in [2.05, 4.69) is 19.4 Å². The van der Waals surface area contributed by atoms with Crippen molar-refractivity contribution in [3.05, 3.63) is 30.2 Å². The highest BCUT2D eigenvalue weighted by atomic mass is 32.2. The predicted molar refractivity (Wildman–Crippen MR) is 75.8 cm³/mol. The summed E-state index contributed by atoms with van der Waals surface area (Å²) in [5, 5.41) is 3.62. The first-order valence-corrected chi connectivity index (χ1v) is 8.19. The van der Waals surface area contributed by atoms with Crippen LogP contribution in [-0.2, 0) is 29.5 Å². The van der Waals surface area contributed by atoms with Crippen molar-refractivity contribution in [2.24, 2.45) is 5.73 Å². The maximum absolute atomic E-state index is 12.2. The average Bonchev–Trinajstić information content (AvgIpc) is 3.08. The average molecular weight is 313 g/mol. The lowest BCUT2D eigenvalue weighted by Gasteiger charge is -2.04. The van der Waals surface area contributed by atoms with Gasteiger partial charge in [-0.05, 0) is 12.5 Å². The molecule has 0 fully saturated rings. The van der Waals surface area contributed by atoms with Crippen LogP contribution >= 0.6 is 0 Å². The van der Waals surface area contributed by atoms with E-state index in [1.807, 2.05) is 11.5 Å². The number of hydrogen-bond acceptors (Lipinski definition) is 6. The molecule has 0 aliphatic carbocycles. The number of sulfonamides is 1. The van der Waals surface area contributed by atoms with Gasteiger partial charge in [-0.15, -0.1) is 0 Å². The summed E-state index contributed by atoms with van der Waals surface area (Å²) in [6, 6.07) is 1.60. The molecule has 0 amide bonds. The molecule has 2 aromatic heterocycles. The molecule has 0 spiro atoms. The summed E-state index contributed by atoms with van der Waals surface area (Å²) >= 11 is 0. The number of rotatable bonds is 8. The van der Waals surface area contributed by atoms with E-state index in [0.29, 0.717) is 18.8 Å². The van der Waals surface area contributed by atoms with Crippen LogP contribution in [0, 0.1) is 0 Å². The Kier molecular flexibility index (Phi) is 5.10. The van der Waals surface area contributed by atoms with Gasteiger partial charge in [0.2, 0.25) is 16.4 Å². The molecule has 8 nitrogen and oxygen atoms in total. The van der Waals surface area contributed by atoms with Gasteiger partial charge in [-0.3, -0.25) is 0 Å². The molecule has 2 aromatic rings. The Hall–Kier alpha value is -1.71. The van der Waals surface area contributed by atoms with Gasteiger partial charge in [-0.2, -0.15) is 4.98 Å². The Morgan fingerprint density at radius 1 is 1.48 bits per heavy atom. The summed E-state index contributed by atoms with van der Waals surface area (Å²) in [5.41, 5.74) is 6.44. The highest BCUT2D eigenvalue weighted by Gasteiger charge is 2.17. The van der Waals surface area contributed by atoms with Gasteiger partial charge in [0.05, 0.1) is 4.90 Å². The number of hydrogen-bond donors (Lipinski definition) is 2. The van der Waals surface area contributed by atoms with Gasteiger partial charge in [0.25, 0.3) is 0 Å². The molecule has 0 bridgehead atoms. The van der Waals surface area contributed by atoms with Crippen molar-refractivity contribution in [2.75, 3.05) is 6.54 Å². The molecule has 0 unspecified atom stereocenters. The molecule has 116 valence electrons. The zero-order valence-corrected chi connectivity index (χ0v) is 12.6. The Labute approximate surface area is 123 Å². The quantitative estimate of drug-likeness (QED) is 0.722. The molecule has 0 atom stereocenters. The number of nitrogens with two attached hydrogens (primary N) is 1. The molecule has 0 aliphatic heterocycles. The lowest BCUT2D eigenvalue weighted by molar-refractivity contribution is 0.410. The first-order valence-electron chi connectivity index (χ1n) is 6.71. The molecule has 2 rings (SSSR count). The normalized spacial score (nSPS) is 11.9. The molecule has 0 aliphatic rings. The second-order valence-electron chi connectivity index (χ2n) is 4.56. The molecule has 0 radical (unpaired) electrons. The summed E-state index contributed by atoms with van der Waals surface area (Å²) in [5.74, 6) is 0.462. The van der Waals surface area contributed by atoms with Crippen LogP contribution in [-0.4, -0.2) is 29.7 Å². The number of aryl methyl sites for hydroxylation is 1. The molecule has 0 saturated carbocycles. The van der Waals surface area contributed by atoms with E-state index < -0.39 is 10.0 Å². The second kappa shape index (κ2) is 6.83. The maximum atomic E-state index is 12.2. The molecule has 3 N–H and O–H groups in total. The Morgan fingerprint density at radius 3 is 2.90 bits per heavy atom. The van der Waals surface area contributed by atoms with Gasteiger partial charge in [0.1, 0.15) is 0 Å². The van der Waals surface area contributed by atoms with Crippen LogP contribution in [0.15, 0.2) is 28.1 Å². The Bertz CT molecular complexity index is 663. The van der Waals surface area contributed by atoms with Gasteiger partial charge in [0.15, 0.2) is 5.82 Å². The van der Waals surface area contributed by atoms with Crippen LogP contribution in [0.2, 0.25) is 0 Å². The molecule has 0 saturated heterocycles. The van der Waals surface area contributed by atoms with Crippen LogP contribution in [0.3, 0.4) is 0 Å². The molecular formula is C12H19N5O3S. The molecule has 2 heterocycles. The van der Waals surface area contributed by atoms with Crippen molar-refractivity contribution < 1.29 is 12.9 Å². The highest BCUT2D eigenvalue weighted by Crippen LogP contribution is 2.14. The lowest BCUT2D eigenvalue weighted by Crippen LogP contribution is -2.26.